The molecule has 0 aromatic carbocycles. The van der Waals surface area contributed by atoms with Gasteiger partial charge >= 0.3 is 0 Å². The van der Waals surface area contributed by atoms with Crippen LogP contribution in [-0.2, 0) is 6.42 Å². The number of aromatic nitrogens is 6. The highest BCUT2D eigenvalue weighted by Gasteiger charge is 2.31. The predicted octanol–water partition coefficient (Wildman–Crippen LogP) is 1.71. The number of hydrogen-bond donors (Lipinski definition) is 1. The molecule has 2 atom stereocenters. The van der Waals surface area contributed by atoms with Gasteiger partial charge in [-0.3, -0.25) is 4.57 Å². The van der Waals surface area contributed by atoms with Gasteiger partial charge in [0, 0.05) is 50.2 Å². The monoisotopic (exact) mass is 408 g/mol. The average Bonchev–Trinajstić information content (AvgIpc) is 3.06. The first-order chi connectivity index (χ1) is 14.5. The lowest BCUT2D eigenvalue weighted by molar-refractivity contribution is 0.296. The van der Waals surface area contributed by atoms with Gasteiger partial charge in [-0.25, -0.2) is 19.9 Å². The Morgan fingerprint density at radius 2 is 1.67 bits per heavy atom. The first-order valence-electron chi connectivity index (χ1n) is 10.3. The minimum absolute atomic E-state index is 0.0516. The van der Waals surface area contributed by atoms with Crippen LogP contribution in [0.5, 0.6) is 0 Å². The van der Waals surface area contributed by atoms with Crippen LogP contribution in [0.15, 0.2) is 30.7 Å². The van der Waals surface area contributed by atoms with Crippen LogP contribution >= 0.6 is 0 Å². The van der Waals surface area contributed by atoms with E-state index >= 15 is 0 Å². The number of aliphatic hydroxyl groups excluding tert-OH is 1. The molecule has 0 unspecified atom stereocenters. The molecule has 1 aliphatic heterocycles. The van der Waals surface area contributed by atoms with E-state index in [1.165, 1.54) is 0 Å². The number of anilines is 2. The third-order valence-corrected chi connectivity index (χ3v) is 5.38. The molecule has 9 heteroatoms. The highest BCUT2D eigenvalue weighted by Crippen LogP contribution is 2.26. The summed E-state index contributed by atoms with van der Waals surface area (Å²) in [6.07, 6.45) is 6.00. The molecular formula is C21H28N8O. The van der Waals surface area contributed by atoms with E-state index in [9.17, 15) is 5.11 Å². The zero-order valence-corrected chi connectivity index (χ0v) is 17.9. The van der Waals surface area contributed by atoms with E-state index in [0.717, 1.165) is 36.2 Å². The predicted molar refractivity (Wildman–Crippen MR) is 115 cm³/mol. The molecule has 1 aliphatic rings. The SMILES string of the molecule is Cc1cn(-c2nccc(N3[C@H](C)CN(c4ccnc(CCO)n4)C[C@@H]3C)n2)c(C)n1. The summed E-state index contributed by atoms with van der Waals surface area (Å²) in [4.78, 5) is 27.2. The van der Waals surface area contributed by atoms with Gasteiger partial charge in [-0.2, -0.15) is 4.98 Å². The quantitative estimate of drug-likeness (QED) is 0.682. The lowest BCUT2D eigenvalue weighted by Crippen LogP contribution is -2.57. The van der Waals surface area contributed by atoms with E-state index in [-0.39, 0.29) is 18.7 Å². The van der Waals surface area contributed by atoms with Crippen molar-refractivity contribution in [1.29, 1.82) is 0 Å². The smallest absolute Gasteiger partial charge is 0.237 e. The molecule has 1 N–H and O–H groups in total. The Hall–Kier alpha value is -3.07. The Labute approximate surface area is 176 Å². The number of hydrogen-bond acceptors (Lipinski definition) is 8. The summed E-state index contributed by atoms with van der Waals surface area (Å²) < 4.78 is 1.92. The summed E-state index contributed by atoms with van der Waals surface area (Å²) in [5.74, 6) is 3.99. The van der Waals surface area contributed by atoms with Crippen molar-refractivity contribution in [2.45, 2.75) is 46.2 Å². The van der Waals surface area contributed by atoms with Crippen LogP contribution in [0.25, 0.3) is 5.95 Å². The Kier molecular flexibility index (Phi) is 5.63. The molecular weight excluding hydrogens is 380 g/mol. The lowest BCUT2D eigenvalue weighted by atomic mass is 10.1. The molecule has 4 heterocycles. The van der Waals surface area contributed by atoms with Crippen molar-refractivity contribution in [1.82, 2.24) is 29.5 Å². The summed E-state index contributed by atoms with van der Waals surface area (Å²) in [5, 5.41) is 9.17. The van der Waals surface area contributed by atoms with E-state index in [1.54, 1.807) is 6.20 Å². The highest BCUT2D eigenvalue weighted by molar-refractivity contribution is 5.48. The van der Waals surface area contributed by atoms with Crippen molar-refractivity contribution in [2.24, 2.45) is 0 Å². The van der Waals surface area contributed by atoms with Crippen molar-refractivity contribution >= 4 is 11.6 Å². The van der Waals surface area contributed by atoms with E-state index in [0.29, 0.717) is 18.2 Å². The second-order valence-electron chi connectivity index (χ2n) is 7.83. The zero-order valence-electron chi connectivity index (χ0n) is 17.9. The van der Waals surface area contributed by atoms with Gasteiger partial charge in [0.05, 0.1) is 12.3 Å². The van der Waals surface area contributed by atoms with Crippen LogP contribution < -0.4 is 9.80 Å². The van der Waals surface area contributed by atoms with Crippen LogP contribution in [-0.4, -0.2) is 66.4 Å². The van der Waals surface area contributed by atoms with E-state index < -0.39 is 0 Å². The first kappa shape index (κ1) is 20.2. The Morgan fingerprint density at radius 1 is 0.967 bits per heavy atom. The third kappa shape index (κ3) is 3.97. The number of aryl methyl sites for hydroxylation is 2. The molecule has 158 valence electrons. The molecule has 3 aromatic rings. The molecule has 0 saturated carbocycles. The summed E-state index contributed by atoms with van der Waals surface area (Å²) in [7, 11) is 0. The summed E-state index contributed by atoms with van der Waals surface area (Å²) in [6.45, 7) is 10.0. The second kappa shape index (κ2) is 8.35. The van der Waals surface area contributed by atoms with Crippen molar-refractivity contribution < 1.29 is 5.11 Å². The van der Waals surface area contributed by atoms with Gasteiger partial charge in [-0.05, 0) is 39.8 Å². The van der Waals surface area contributed by atoms with Crippen molar-refractivity contribution in [2.75, 3.05) is 29.5 Å². The van der Waals surface area contributed by atoms with Gasteiger partial charge in [0.25, 0.3) is 0 Å². The number of nitrogens with zero attached hydrogens (tertiary/aromatic N) is 8. The molecule has 0 amide bonds. The van der Waals surface area contributed by atoms with Gasteiger partial charge < -0.3 is 14.9 Å². The summed E-state index contributed by atoms with van der Waals surface area (Å²) in [6, 6.07) is 4.37. The standard InChI is InChI=1S/C21H28N8O/c1-14-11-28(17(4)24-14)21-23-9-6-20(26-21)29-15(2)12-27(13-16(29)3)19-5-8-22-18(25-19)7-10-30/h5-6,8-9,11,15-16,30H,7,10,12-13H2,1-4H3/t15-,16+. The minimum Gasteiger partial charge on any atom is -0.396 e. The van der Waals surface area contributed by atoms with E-state index in [1.807, 2.05) is 42.9 Å². The van der Waals surface area contributed by atoms with Crippen LogP contribution in [0.3, 0.4) is 0 Å². The zero-order chi connectivity index (χ0) is 21.3. The van der Waals surface area contributed by atoms with Gasteiger partial charge in [-0.15, -0.1) is 0 Å². The second-order valence-corrected chi connectivity index (χ2v) is 7.83. The largest absolute Gasteiger partial charge is 0.396 e. The molecule has 0 spiro atoms. The molecule has 0 bridgehead atoms. The molecule has 30 heavy (non-hydrogen) atoms. The number of rotatable bonds is 5. The van der Waals surface area contributed by atoms with E-state index in [2.05, 4.69) is 43.6 Å². The molecule has 1 saturated heterocycles. The normalized spacial score (nSPS) is 19.4. The fourth-order valence-corrected chi connectivity index (χ4v) is 4.17. The maximum Gasteiger partial charge on any atom is 0.237 e. The van der Waals surface area contributed by atoms with Crippen LogP contribution in [0.2, 0.25) is 0 Å². The number of aliphatic hydroxyl groups is 1. The summed E-state index contributed by atoms with van der Waals surface area (Å²) >= 11 is 0. The van der Waals surface area contributed by atoms with Gasteiger partial charge in [0.15, 0.2) is 0 Å². The van der Waals surface area contributed by atoms with E-state index in [4.69, 9.17) is 4.98 Å². The van der Waals surface area contributed by atoms with Gasteiger partial charge in [-0.1, -0.05) is 0 Å². The molecule has 0 aliphatic carbocycles. The topological polar surface area (TPSA) is 96.1 Å². The maximum absolute atomic E-state index is 9.17. The van der Waals surface area contributed by atoms with Crippen LogP contribution in [0.1, 0.15) is 31.2 Å². The third-order valence-electron chi connectivity index (χ3n) is 5.38. The lowest BCUT2D eigenvalue weighted by Gasteiger charge is -2.45. The highest BCUT2D eigenvalue weighted by atomic mass is 16.3. The average molecular weight is 409 g/mol. The fraction of sp³-hybridized carbons (Fsp3) is 0.476. The molecule has 1 fully saturated rings. The maximum atomic E-state index is 9.17. The molecule has 9 nitrogen and oxygen atoms in total. The van der Waals surface area contributed by atoms with Crippen molar-refractivity contribution in [3.8, 4) is 5.95 Å². The number of piperazine rings is 1. The van der Waals surface area contributed by atoms with Crippen LogP contribution in [0.4, 0.5) is 11.6 Å². The Morgan fingerprint density at radius 3 is 2.33 bits per heavy atom. The summed E-state index contributed by atoms with van der Waals surface area (Å²) in [5.41, 5.74) is 0.947. The molecule has 3 aromatic heterocycles. The van der Waals surface area contributed by atoms with Gasteiger partial charge in [0.2, 0.25) is 5.95 Å². The molecule has 0 radical (unpaired) electrons. The Balaban J connectivity index is 1.57. The van der Waals surface area contributed by atoms with Crippen molar-refractivity contribution in [3.05, 3.63) is 48.1 Å². The first-order valence-corrected chi connectivity index (χ1v) is 10.3. The fourth-order valence-electron chi connectivity index (χ4n) is 4.17. The number of imidazole rings is 1. The minimum atomic E-state index is 0.0516. The Bertz CT molecular complexity index is 1010. The van der Waals surface area contributed by atoms with Crippen LogP contribution in [0, 0.1) is 13.8 Å². The molecule has 4 rings (SSSR count). The van der Waals surface area contributed by atoms with Crippen molar-refractivity contribution in [3.63, 3.8) is 0 Å². The van der Waals surface area contributed by atoms with Gasteiger partial charge in [0.1, 0.15) is 23.3 Å².